The minimum absolute atomic E-state index is 0.269. The Bertz CT molecular complexity index is 1110. The maximum absolute atomic E-state index is 12.2. The standard InChI is InChI=1S/C25H21ClN2O2/c1-2-28(17-19-7-4-3-5-8-19)22-13-11-18(12-14-22)15-23-25(29)30-24(27-23)20-9-6-10-21(26)16-20/h3-16H,2,17H2,1H3/b23-15+. The number of rotatable bonds is 6. The summed E-state index contributed by atoms with van der Waals surface area (Å²) in [6, 6.07) is 25.5. The molecule has 0 atom stereocenters. The predicted molar refractivity (Wildman–Crippen MR) is 122 cm³/mol. The number of carbonyl (C=O) groups excluding carboxylic acids is 1. The van der Waals surface area contributed by atoms with E-state index in [2.05, 4.69) is 53.2 Å². The van der Waals surface area contributed by atoms with Crippen LogP contribution >= 0.6 is 11.6 Å². The van der Waals surface area contributed by atoms with Gasteiger partial charge in [0, 0.05) is 29.4 Å². The van der Waals surface area contributed by atoms with Gasteiger partial charge in [-0.15, -0.1) is 0 Å². The van der Waals surface area contributed by atoms with Gasteiger partial charge in [0.1, 0.15) is 0 Å². The molecule has 0 bridgehead atoms. The maximum atomic E-state index is 12.2. The first-order valence-corrected chi connectivity index (χ1v) is 10.2. The largest absolute Gasteiger partial charge is 0.402 e. The van der Waals surface area contributed by atoms with Crippen LogP contribution in [0.15, 0.2) is 89.6 Å². The number of hydrogen-bond donors (Lipinski definition) is 0. The summed E-state index contributed by atoms with van der Waals surface area (Å²) in [5.41, 5.74) is 4.23. The molecule has 0 amide bonds. The molecule has 0 aromatic heterocycles. The molecule has 0 spiro atoms. The Balaban J connectivity index is 1.52. The molecule has 4 nitrogen and oxygen atoms in total. The lowest BCUT2D eigenvalue weighted by atomic mass is 10.1. The van der Waals surface area contributed by atoms with Crippen LogP contribution in [0.2, 0.25) is 5.02 Å². The van der Waals surface area contributed by atoms with Crippen molar-refractivity contribution in [3.63, 3.8) is 0 Å². The number of ether oxygens (including phenoxy) is 1. The molecule has 0 N–H and O–H groups in total. The second-order valence-electron chi connectivity index (χ2n) is 6.94. The van der Waals surface area contributed by atoms with Crippen molar-refractivity contribution in [2.75, 3.05) is 11.4 Å². The van der Waals surface area contributed by atoms with Gasteiger partial charge in [0.2, 0.25) is 5.90 Å². The van der Waals surface area contributed by atoms with E-state index in [1.807, 2.05) is 24.3 Å². The Morgan fingerprint density at radius 3 is 2.47 bits per heavy atom. The number of halogens is 1. The van der Waals surface area contributed by atoms with Crippen molar-refractivity contribution in [3.8, 4) is 0 Å². The lowest BCUT2D eigenvalue weighted by Crippen LogP contribution is -2.21. The summed E-state index contributed by atoms with van der Waals surface area (Å²) in [6.07, 6.45) is 1.73. The van der Waals surface area contributed by atoms with Crippen molar-refractivity contribution in [1.82, 2.24) is 0 Å². The van der Waals surface area contributed by atoms with Gasteiger partial charge in [-0.1, -0.05) is 60.1 Å². The first-order chi connectivity index (χ1) is 14.6. The zero-order valence-electron chi connectivity index (χ0n) is 16.6. The number of cyclic esters (lactones) is 1. The number of esters is 1. The molecule has 0 fully saturated rings. The van der Waals surface area contributed by atoms with Crippen LogP contribution in [-0.4, -0.2) is 18.4 Å². The lowest BCUT2D eigenvalue weighted by Gasteiger charge is -2.23. The third-order valence-corrected chi connectivity index (χ3v) is 5.09. The van der Waals surface area contributed by atoms with E-state index in [0.717, 1.165) is 24.3 Å². The second kappa shape index (κ2) is 8.97. The molecule has 4 rings (SSSR count). The Kier molecular flexibility index (Phi) is 5.96. The second-order valence-corrected chi connectivity index (χ2v) is 7.37. The van der Waals surface area contributed by atoms with Gasteiger partial charge in [-0.05, 0) is 54.5 Å². The van der Waals surface area contributed by atoms with E-state index in [4.69, 9.17) is 16.3 Å². The van der Waals surface area contributed by atoms with Crippen LogP contribution < -0.4 is 4.90 Å². The fourth-order valence-electron chi connectivity index (χ4n) is 3.28. The molecule has 1 aliphatic heterocycles. The fraction of sp³-hybridized carbons (Fsp3) is 0.120. The Morgan fingerprint density at radius 1 is 1.00 bits per heavy atom. The molecule has 5 heteroatoms. The van der Waals surface area contributed by atoms with Crippen molar-refractivity contribution in [3.05, 3.63) is 106 Å². The summed E-state index contributed by atoms with van der Waals surface area (Å²) in [6.45, 7) is 3.88. The molecular weight excluding hydrogens is 396 g/mol. The first-order valence-electron chi connectivity index (χ1n) is 9.80. The van der Waals surface area contributed by atoms with Crippen LogP contribution in [0.3, 0.4) is 0 Å². The van der Waals surface area contributed by atoms with Gasteiger partial charge in [-0.2, -0.15) is 0 Å². The molecule has 0 unspecified atom stereocenters. The molecule has 0 saturated heterocycles. The molecule has 150 valence electrons. The highest BCUT2D eigenvalue weighted by Crippen LogP contribution is 2.23. The maximum Gasteiger partial charge on any atom is 0.363 e. The van der Waals surface area contributed by atoms with Crippen LogP contribution in [0.1, 0.15) is 23.6 Å². The number of hydrogen-bond acceptors (Lipinski definition) is 4. The third kappa shape index (κ3) is 4.61. The van der Waals surface area contributed by atoms with Gasteiger partial charge in [-0.25, -0.2) is 9.79 Å². The molecule has 0 radical (unpaired) electrons. The van der Waals surface area contributed by atoms with E-state index in [1.54, 1.807) is 24.3 Å². The third-order valence-electron chi connectivity index (χ3n) is 4.85. The average Bonchev–Trinajstić information content (AvgIpc) is 3.14. The average molecular weight is 417 g/mol. The van der Waals surface area contributed by atoms with E-state index >= 15 is 0 Å². The zero-order valence-corrected chi connectivity index (χ0v) is 17.3. The van der Waals surface area contributed by atoms with Crippen molar-refractivity contribution in [1.29, 1.82) is 0 Å². The topological polar surface area (TPSA) is 41.9 Å². The number of anilines is 1. The molecule has 1 heterocycles. The summed E-state index contributed by atoms with van der Waals surface area (Å²) in [5, 5.41) is 0.565. The van der Waals surface area contributed by atoms with Gasteiger partial charge >= 0.3 is 5.97 Å². The van der Waals surface area contributed by atoms with Gasteiger partial charge in [0.15, 0.2) is 5.70 Å². The normalized spacial score (nSPS) is 14.5. The first kappa shape index (κ1) is 19.9. The van der Waals surface area contributed by atoms with E-state index in [9.17, 15) is 4.79 Å². The molecule has 3 aromatic carbocycles. The number of carbonyl (C=O) groups is 1. The highest BCUT2D eigenvalue weighted by atomic mass is 35.5. The van der Waals surface area contributed by atoms with Crippen LogP contribution in [0.5, 0.6) is 0 Å². The zero-order chi connectivity index (χ0) is 20.9. The summed E-state index contributed by atoms with van der Waals surface area (Å²) in [5.74, 6) is -0.196. The van der Waals surface area contributed by atoms with E-state index in [-0.39, 0.29) is 11.6 Å². The lowest BCUT2D eigenvalue weighted by molar-refractivity contribution is -0.129. The van der Waals surface area contributed by atoms with Crippen LogP contribution in [0, 0.1) is 0 Å². The number of nitrogens with zero attached hydrogens (tertiary/aromatic N) is 2. The molecule has 1 aliphatic rings. The van der Waals surface area contributed by atoms with Crippen LogP contribution in [0.4, 0.5) is 5.69 Å². The van der Waals surface area contributed by atoms with Gasteiger partial charge in [0.25, 0.3) is 0 Å². The smallest absolute Gasteiger partial charge is 0.363 e. The molecular formula is C25H21ClN2O2. The molecule has 0 aliphatic carbocycles. The highest BCUT2D eigenvalue weighted by molar-refractivity contribution is 6.31. The Labute approximate surface area is 181 Å². The van der Waals surface area contributed by atoms with E-state index < -0.39 is 5.97 Å². The SMILES string of the molecule is CCN(Cc1ccccc1)c1ccc(/C=C2/N=C(c3cccc(Cl)c3)OC2=O)cc1. The van der Waals surface area contributed by atoms with Gasteiger partial charge in [-0.3, -0.25) is 0 Å². The molecule has 0 saturated carbocycles. The van der Waals surface area contributed by atoms with E-state index in [1.165, 1.54) is 5.56 Å². The monoisotopic (exact) mass is 416 g/mol. The summed E-state index contributed by atoms with van der Waals surface area (Å²) >= 11 is 6.02. The fourth-order valence-corrected chi connectivity index (χ4v) is 3.47. The summed E-state index contributed by atoms with van der Waals surface area (Å²) < 4.78 is 5.31. The Hall–Kier alpha value is -3.37. The quantitative estimate of drug-likeness (QED) is 0.381. The van der Waals surface area contributed by atoms with Crippen molar-refractivity contribution < 1.29 is 9.53 Å². The minimum atomic E-state index is -0.465. The summed E-state index contributed by atoms with van der Waals surface area (Å²) in [7, 11) is 0. The van der Waals surface area contributed by atoms with Crippen molar-refractivity contribution in [2.45, 2.75) is 13.5 Å². The number of aliphatic imine (C=N–C) groups is 1. The number of benzene rings is 3. The van der Waals surface area contributed by atoms with Crippen LogP contribution in [0.25, 0.3) is 6.08 Å². The van der Waals surface area contributed by atoms with Crippen molar-refractivity contribution >= 4 is 35.2 Å². The van der Waals surface area contributed by atoms with E-state index in [0.29, 0.717) is 10.6 Å². The molecule has 30 heavy (non-hydrogen) atoms. The van der Waals surface area contributed by atoms with Crippen molar-refractivity contribution in [2.24, 2.45) is 4.99 Å². The minimum Gasteiger partial charge on any atom is -0.402 e. The van der Waals surface area contributed by atoms with Gasteiger partial charge < -0.3 is 9.64 Å². The summed E-state index contributed by atoms with van der Waals surface area (Å²) in [4.78, 5) is 18.9. The van der Waals surface area contributed by atoms with Gasteiger partial charge in [0.05, 0.1) is 0 Å². The highest BCUT2D eigenvalue weighted by Gasteiger charge is 2.24. The molecule has 3 aromatic rings. The predicted octanol–water partition coefficient (Wildman–Crippen LogP) is 5.71. The Morgan fingerprint density at radius 2 is 1.77 bits per heavy atom. The van der Waals surface area contributed by atoms with Crippen LogP contribution in [-0.2, 0) is 16.1 Å².